The molecule has 0 bridgehead atoms. The third-order valence-electron chi connectivity index (χ3n) is 2.61. The van der Waals surface area contributed by atoms with Crippen molar-refractivity contribution in [1.29, 1.82) is 0 Å². The highest BCUT2D eigenvalue weighted by Crippen LogP contribution is 2.22. The molecular weight excluding hydrogens is 231 g/mol. The van der Waals surface area contributed by atoms with Gasteiger partial charge in [0.2, 0.25) is 5.67 Å². The van der Waals surface area contributed by atoms with E-state index in [2.05, 4.69) is 10.6 Å². The van der Waals surface area contributed by atoms with Crippen LogP contribution in [0, 0.1) is 0 Å². The standard InChI is InChI=1S/C11H12ClFN2O/c12-8-1-3-9(4-2-8)15-10(16)11(13)5-6-14-7-11/h1-4,14H,5-7H2,(H,15,16). The van der Waals surface area contributed by atoms with Gasteiger partial charge in [-0.25, -0.2) is 4.39 Å². The van der Waals surface area contributed by atoms with Crippen molar-refractivity contribution in [2.45, 2.75) is 12.1 Å². The minimum atomic E-state index is -1.79. The van der Waals surface area contributed by atoms with Crippen molar-refractivity contribution in [1.82, 2.24) is 5.32 Å². The second-order valence-corrected chi connectivity index (χ2v) is 4.29. The van der Waals surface area contributed by atoms with Crippen LogP contribution in [0.25, 0.3) is 0 Å². The van der Waals surface area contributed by atoms with Crippen molar-refractivity contribution in [2.75, 3.05) is 18.4 Å². The fourth-order valence-corrected chi connectivity index (χ4v) is 1.76. The highest BCUT2D eigenvalue weighted by molar-refractivity contribution is 6.30. The van der Waals surface area contributed by atoms with Crippen LogP contribution in [0.2, 0.25) is 5.02 Å². The minimum absolute atomic E-state index is 0.0758. The molecule has 1 fully saturated rings. The quantitative estimate of drug-likeness (QED) is 0.833. The number of carbonyl (C=O) groups excluding carboxylic acids is 1. The third kappa shape index (κ3) is 2.33. The summed E-state index contributed by atoms with van der Waals surface area (Å²) in [6.07, 6.45) is 0.215. The maximum Gasteiger partial charge on any atom is 0.263 e. The van der Waals surface area contributed by atoms with E-state index in [1.807, 2.05) is 0 Å². The SMILES string of the molecule is O=C(Nc1ccc(Cl)cc1)C1(F)CCNC1. The Morgan fingerprint density at radius 1 is 1.44 bits per heavy atom. The zero-order chi connectivity index (χ0) is 11.6. The topological polar surface area (TPSA) is 41.1 Å². The summed E-state index contributed by atoms with van der Waals surface area (Å²) in [6.45, 7) is 0.608. The summed E-state index contributed by atoms with van der Waals surface area (Å²) in [5.74, 6) is -0.597. The molecule has 1 aromatic carbocycles. The van der Waals surface area contributed by atoms with E-state index in [1.165, 1.54) is 0 Å². The number of halogens is 2. The number of alkyl halides is 1. The van der Waals surface area contributed by atoms with Crippen LogP contribution in [0.1, 0.15) is 6.42 Å². The fourth-order valence-electron chi connectivity index (χ4n) is 1.63. The lowest BCUT2D eigenvalue weighted by Crippen LogP contribution is -2.40. The number of hydrogen-bond acceptors (Lipinski definition) is 2. The van der Waals surface area contributed by atoms with Crippen molar-refractivity contribution in [3.63, 3.8) is 0 Å². The molecule has 1 atom stereocenters. The molecule has 86 valence electrons. The van der Waals surface area contributed by atoms with Crippen LogP contribution in [0.15, 0.2) is 24.3 Å². The molecule has 1 aliphatic heterocycles. The molecule has 2 rings (SSSR count). The highest BCUT2D eigenvalue weighted by atomic mass is 35.5. The summed E-state index contributed by atoms with van der Waals surface area (Å²) in [7, 11) is 0. The van der Waals surface area contributed by atoms with E-state index in [9.17, 15) is 9.18 Å². The van der Waals surface area contributed by atoms with Gasteiger partial charge in [-0.1, -0.05) is 11.6 Å². The van der Waals surface area contributed by atoms with Gasteiger partial charge in [-0.2, -0.15) is 0 Å². The summed E-state index contributed by atoms with van der Waals surface area (Å²) < 4.78 is 14.0. The average molecular weight is 243 g/mol. The van der Waals surface area contributed by atoms with Crippen LogP contribution in [-0.4, -0.2) is 24.7 Å². The number of rotatable bonds is 2. The van der Waals surface area contributed by atoms with Gasteiger partial charge in [-0.05, 0) is 30.8 Å². The second-order valence-electron chi connectivity index (χ2n) is 3.85. The van der Waals surface area contributed by atoms with Crippen molar-refractivity contribution < 1.29 is 9.18 Å². The zero-order valence-electron chi connectivity index (χ0n) is 8.59. The van der Waals surface area contributed by atoms with Crippen molar-refractivity contribution >= 4 is 23.2 Å². The maximum absolute atomic E-state index is 14.0. The lowest BCUT2D eigenvalue weighted by Gasteiger charge is -2.17. The van der Waals surface area contributed by atoms with Crippen molar-refractivity contribution in [3.05, 3.63) is 29.3 Å². The summed E-state index contributed by atoms with van der Waals surface area (Å²) in [5, 5.41) is 5.95. The van der Waals surface area contributed by atoms with Crippen LogP contribution >= 0.6 is 11.6 Å². The number of benzene rings is 1. The first-order chi connectivity index (χ1) is 7.60. The average Bonchev–Trinajstić information content (AvgIpc) is 2.70. The molecule has 1 amide bonds. The molecule has 1 heterocycles. The molecule has 1 saturated heterocycles. The van der Waals surface area contributed by atoms with Crippen LogP contribution in [0.5, 0.6) is 0 Å². The number of amides is 1. The van der Waals surface area contributed by atoms with Gasteiger partial charge >= 0.3 is 0 Å². The van der Waals surface area contributed by atoms with Gasteiger partial charge in [0.15, 0.2) is 0 Å². The Kier molecular flexibility index (Phi) is 3.12. The van der Waals surface area contributed by atoms with Gasteiger partial charge in [0.05, 0.1) is 0 Å². The molecule has 1 aliphatic rings. The third-order valence-corrected chi connectivity index (χ3v) is 2.86. The maximum atomic E-state index is 14.0. The summed E-state index contributed by atoms with van der Waals surface area (Å²) in [6, 6.07) is 6.59. The van der Waals surface area contributed by atoms with Crippen LogP contribution < -0.4 is 10.6 Å². The van der Waals surface area contributed by atoms with Gasteiger partial charge < -0.3 is 10.6 Å². The largest absolute Gasteiger partial charge is 0.323 e. The predicted octanol–water partition coefficient (Wildman–Crippen LogP) is 1.98. The lowest BCUT2D eigenvalue weighted by atomic mass is 10.0. The Morgan fingerprint density at radius 2 is 2.12 bits per heavy atom. The van der Waals surface area contributed by atoms with Gasteiger partial charge in [0, 0.05) is 23.7 Å². The van der Waals surface area contributed by atoms with Crippen LogP contribution in [0.4, 0.5) is 10.1 Å². The Hall–Kier alpha value is -1.13. The Balaban J connectivity index is 2.04. The van der Waals surface area contributed by atoms with E-state index < -0.39 is 11.6 Å². The highest BCUT2D eigenvalue weighted by Gasteiger charge is 2.41. The van der Waals surface area contributed by atoms with E-state index in [1.54, 1.807) is 24.3 Å². The van der Waals surface area contributed by atoms with Crippen molar-refractivity contribution in [2.24, 2.45) is 0 Å². The summed E-state index contributed by atoms with van der Waals surface area (Å²) in [4.78, 5) is 11.7. The smallest absolute Gasteiger partial charge is 0.263 e. The van der Waals surface area contributed by atoms with Gasteiger partial charge in [-0.15, -0.1) is 0 Å². The van der Waals surface area contributed by atoms with Crippen molar-refractivity contribution in [3.8, 4) is 0 Å². The first-order valence-electron chi connectivity index (χ1n) is 5.07. The molecule has 0 aliphatic carbocycles. The molecule has 0 radical (unpaired) electrons. The van der Waals surface area contributed by atoms with E-state index >= 15 is 0 Å². The Morgan fingerprint density at radius 3 is 2.69 bits per heavy atom. The van der Waals surface area contributed by atoms with Gasteiger partial charge in [-0.3, -0.25) is 4.79 Å². The van der Waals surface area contributed by atoms with Crippen LogP contribution in [-0.2, 0) is 4.79 Å². The predicted molar refractivity (Wildman–Crippen MR) is 61.4 cm³/mol. The number of carbonyl (C=O) groups is 1. The van der Waals surface area contributed by atoms with E-state index in [0.29, 0.717) is 17.3 Å². The molecule has 0 spiro atoms. The van der Waals surface area contributed by atoms with Gasteiger partial charge in [0.1, 0.15) is 0 Å². The van der Waals surface area contributed by atoms with Gasteiger partial charge in [0.25, 0.3) is 5.91 Å². The Bertz CT molecular complexity index is 387. The number of nitrogens with one attached hydrogen (secondary N) is 2. The molecule has 3 nitrogen and oxygen atoms in total. The molecule has 1 unspecified atom stereocenters. The molecular formula is C11H12ClFN2O. The molecule has 0 aromatic heterocycles. The van der Waals surface area contributed by atoms with E-state index in [-0.39, 0.29) is 13.0 Å². The molecule has 16 heavy (non-hydrogen) atoms. The molecule has 1 aromatic rings. The molecule has 2 N–H and O–H groups in total. The number of anilines is 1. The lowest BCUT2D eigenvalue weighted by molar-refractivity contribution is -0.126. The molecule has 5 heteroatoms. The van der Waals surface area contributed by atoms with Crippen LogP contribution in [0.3, 0.4) is 0 Å². The summed E-state index contributed by atoms with van der Waals surface area (Å²) >= 11 is 5.71. The summed E-state index contributed by atoms with van der Waals surface area (Å²) in [5.41, 5.74) is -1.24. The van der Waals surface area contributed by atoms with E-state index in [0.717, 1.165) is 0 Å². The first kappa shape index (κ1) is 11.4. The number of hydrogen-bond donors (Lipinski definition) is 2. The zero-order valence-corrected chi connectivity index (χ0v) is 9.35. The first-order valence-corrected chi connectivity index (χ1v) is 5.45. The minimum Gasteiger partial charge on any atom is -0.323 e. The monoisotopic (exact) mass is 242 g/mol. The fraction of sp³-hybridized carbons (Fsp3) is 0.364. The molecule has 0 saturated carbocycles. The normalized spacial score (nSPS) is 24.4. The van der Waals surface area contributed by atoms with E-state index in [4.69, 9.17) is 11.6 Å². The second kappa shape index (κ2) is 4.39. The Labute approximate surface area is 98.0 Å².